The zero-order valence-electron chi connectivity index (χ0n) is 15.6. The lowest BCUT2D eigenvalue weighted by Crippen LogP contribution is -2.15. The summed E-state index contributed by atoms with van der Waals surface area (Å²) in [5.41, 5.74) is 3.30. The summed E-state index contributed by atoms with van der Waals surface area (Å²) in [5, 5.41) is 2.89. The molecule has 0 unspecified atom stereocenters. The van der Waals surface area contributed by atoms with Crippen LogP contribution in [0.1, 0.15) is 29.4 Å². The third kappa shape index (κ3) is 5.01. The van der Waals surface area contributed by atoms with Crippen LogP contribution < -0.4 is 10.1 Å². The summed E-state index contributed by atoms with van der Waals surface area (Å²) < 4.78 is 11.0. The molecule has 0 atom stereocenters. The molecule has 0 bridgehead atoms. The van der Waals surface area contributed by atoms with Crippen LogP contribution in [-0.2, 0) is 4.74 Å². The molecule has 2 aromatic heterocycles. The molecular formula is C21H23N3O3. The highest BCUT2D eigenvalue weighted by atomic mass is 16.5. The van der Waals surface area contributed by atoms with E-state index in [9.17, 15) is 4.79 Å². The molecule has 2 heterocycles. The van der Waals surface area contributed by atoms with Crippen LogP contribution in [0.15, 0.2) is 48.7 Å². The van der Waals surface area contributed by atoms with Gasteiger partial charge in [0, 0.05) is 37.6 Å². The number of ether oxygens (including phenoxy) is 2. The second kappa shape index (κ2) is 9.09. The lowest BCUT2D eigenvalue weighted by atomic mass is 10.1. The molecule has 140 valence electrons. The Morgan fingerprint density at radius 1 is 1.11 bits per heavy atom. The van der Waals surface area contributed by atoms with E-state index in [0.717, 1.165) is 17.5 Å². The number of aromatic nitrogens is 2. The van der Waals surface area contributed by atoms with Gasteiger partial charge in [-0.3, -0.25) is 9.78 Å². The van der Waals surface area contributed by atoms with Gasteiger partial charge in [0.05, 0.1) is 17.6 Å². The van der Waals surface area contributed by atoms with Gasteiger partial charge in [-0.1, -0.05) is 6.07 Å². The quantitative estimate of drug-likeness (QED) is 0.611. The normalized spacial score (nSPS) is 10.7. The van der Waals surface area contributed by atoms with E-state index in [1.807, 2.05) is 44.2 Å². The SMILES string of the molecule is CCOCCCOc1cccc(NC(=O)c2nc3cccnc3cc2C)c1. The number of amides is 1. The van der Waals surface area contributed by atoms with Crippen molar-refractivity contribution in [2.75, 3.05) is 25.1 Å². The summed E-state index contributed by atoms with van der Waals surface area (Å²) in [4.78, 5) is 21.4. The van der Waals surface area contributed by atoms with Crippen LogP contribution in [0, 0.1) is 6.92 Å². The summed E-state index contributed by atoms with van der Waals surface area (Å²) in [5.74, 6) is 0.448. The van der Waals surface area contributed by atoms with E-state index < -0.39 is 0 Å². The highest BCUT2D eigenvalue weighted by Gasteiger charge is 2.13. The van der Waals surface area contributed by atoms with E-state index in [2.05, 4.69) is 15.3 Å². The number of anilines is 1. The van der Waals surface area contributed by atoms with Gasteiger partial charge in [0.1, 0.15) is 11.4 Å². The minimum atomic E-state index is -0.258. The first-order valence-corrected chi connectivity index (χ1v) is 9.01. The Morgan fingerprint density at radius 3 is 2.85 bits per heavy atom. The van der Waals surface area contributed by atoms with Crippen molar-refractivity contribution in [1.29, 1.82) is 0 Å². The van der Waals surface area contributed by atoms with E-state index in [-0.39, 0.29) is 5.91 Å². The monoisotopic (exact) mass is 365 g/mol. The summed E-state index contributed by atoms with van der Waals surface area (Å²) in [7, 11) is 0. The van der Waals surface area contributed by atoms with Crippen LogP contribution in [0.4, 0.5) is 5.69 Å². The van der Waals surface area contributed by atoms with Crippen molar-refractivity contribution in [3.8, 4) is 5.75 Å². The first kappa shape index (κ1) is 18.8. The molecule has 0 aliphatic carbocycles. The number of fused-ring (bicyclic) bond motifs is 1. The summed E-state index contributed by atoms with van der Waals surface area (Å²) in [6, 6.07) is 12.8. The summed E-state index contributed by atoms with van der Waals surface area (Å²) in [6.07, 6.45) is 2.53. The maximum atomic E-state index is 12.7. The first-order chi connectivity index (χ1) is 13.2. The number of aryl methyl sites for hydroxylation is 1. The molecule has 6 nitrogen and oxygen atoms in total. The molecule has 27 heavy (non-hydrogen) atoms. The molecule has 0 aliphatic heterocycles. The van der Waals surface area contributed by atoms with Crippen LogP contribution in [-0.4, -0.2) is 35.7 Å². The lowest BCUT2D eigenvalue weighted by Gasteiger charge is -2.10. The van der Waals surface area contributed by atoms with Crippen molar-refractivity contribution >= 4 is 22.6 Å². The molecule has 0 saturated carbocycles. The van der Waals surface area contributed by atoms with E-state index in [4.69, 9.17) is 9.47 Å². The molecule has 3 rings (SSSR count). The molecular weight excluding hydrogens is 342 g/mol. The number of rotatable bonds is 8. The van der Waals surface area contributed by atoms with Crippen molar-refractivity contribution in [2.45, 2.75) is 20.3 Å². The van der Waals surface area contributed by atoms with E-state index in [1.165, 1.54) is 0 Å². The Labute approximate surface area is 158 Å². The van der Waals surface area contributed by atoms with Crippen molar-refractivity contribution < 1.29 is 14.3 Å². The maximum absolute atomic E-state index is 12.7. The standard InChI is InChI=1S/C21H23N3O3/c1-3-26-11-6-12-27-17-8-4-7-16(14-17)23-21(25)20-15(2)13-19-18(24-20)9-5-10-22-19/h4-5,7-10,13-14H,3,6,11-12H2,1-2H3,(H,23,25). The van der Waals surface area contributed by atoms with Gasteiger partial charge in [-0.2, -0.15) is 0 Å². The molecule has 0 fully saturated rings. The van der Waals surface area contributed by atoms with Gasteiger partial charge >= 0.3 is 0 Å². The topological polar surface area (TPSA) is 73.3 Å². The van der Waals surface area contributed by atoms with Crippen LogP contribution in [0.2, 0.25) is 0 Å². The number of carbonyl (C=O) groups excluding carboxylic acids is 1. The zero-order valence-corrected chi connectivity index (χ0v) is 15.6. The maximum Gasteiger partial charge on any atom is 0.274 e. The van der Waals surface area contributed by atoms with E-state index in [0.29, 0.717) is 42.5 Å². The number of hydrogen-bond acceptors (Lipinski definition) is 5. The van der Waals surface area contributed by atoms with Crippen LogP contribution in [0.5, 0.6) is 5.75 Å². The Kier molecular flexibility index (Phi) is 6.33. The molecule has 0 saturated heterocycles. The molecule has 0 spiro atoms. The molecule has 1 N–H and O–H groups in total. The minimum Gasteiger partial charge on any atom is -0.493 e. The molecule has 0 radical (unpaired) electrons. The first-order valence-electron chi connectivity index (χ1n) is 9.01. The fourth-order valence-corrected chi connectivity index (χ4v) is 2.68. The van der Waals surface area contributed by atoms with Gasteiger partial charge < -0.3 is 14.8 Å². The van der Waals surface area contributed by atoms with Gasteiger partial charge in [-0.05, 0) is 49.7 Å². The smallest absolute Gasteiger partial charge is 0.274 e. The molecule has 0 aliphatic rings. The van der Waals surface area contributed by atoms with Crippen LogP contribution in [0.25, 0.3) is 11.0 Å². The molecule has 6 heteroatoms. The fourth-order valence-electron chi connectivity index (χ4n) is 2.68. The number of nitrogens with one attached hydrogen (secondary N) is 1. The second-order valence-electron chi connectivity index (χ2n) is 6.08. The van der Waals surface area contributed by atoms with E-state index in [1.54, 1.807) is 18.3 Å². The van der Waals surface area contributed by atoms with Gasteiger partial charge in [0.15, 0.2) is 0 Å². The molecule has 1 aromatic carbocycles. The fraction of sp³-hybridized carbons (Fsp3) is 0.286. The Morgan fingerprint density at radius 2 is 2.00 bits per heavy atom. The number of nitrogens with zero attached hydrogens (tertiary/aromatic N) is 2. The highest BCUT2D eigenvalue weighted by Crippen LogP contribution is 2.20. The molecule has 1 amide bonds. The zero-order chi connectivity index (χ0) is 19.1. The van der Waals surface area contributed by atoms with Crippen LogP contribution in [0.3, 0.4) is 0 Å². The number of hydrogen-bond donors (Lipinski definition) is 1. The van der Waals surface area contributed by atoms with Crippen molar-refractivity contribution in [3.63, 3.8) is 0 Å². The minimum absolute atomic E-state index is 0.258. The van der Waals surface area contributed by atoms with Crippen LogP contribution >= 0.6 is 0 Å². The number of benzene rings is 1. The average Bonchev–Trinajstić information content (AvgIpc) is 2.67. The second-order valence-corrected chi connectivity index (χ2v) is 6.08. The van der Waals surface area contributed by atoms with Gasteiger partial charge in [-0.15, -0.1) is 0 Å². The summed E-state index contributed by atoms with van der Waals surface area (Å²) in [6.45, 7) is 5.77. The Bertz CT molecular complexity index is 927. The average molecular weight is 365 g/mol. The summed E-state index contributed by atoms with van der Waals surface area (Å²) >= 11 is 0. The lowest BCUT2D eigenvalue weighted by molar-refractivity contribution is 0.102. The Hall–Kier alpha value is -2.99. The predicted molar refractivity (Wildman–Crippen MR) is 105 cm³/mol. The highest BCUT2D eigenvalue weighted by molar-refractivity contribution is 6.05. The van der Waals surface area contributed by atoms with Crippen molar-refractivity contribution in [1.82, 2.24) is 9.97 Å². The van der Waals surface area contributed by atoms with Gasteiger partial charge in [-0.25, -0.2) is 4.98 Å². The Balaban J connectivity index is 1.67. The predicted octanol–water partition coefficient (Wildman–Crippen LogP) is 4.00. The number of carbonyl (C=O) groups is 1. The van der Waals surface area contributed by atoms with Crippen molar-refractivity contribution in [3.05, 3.63) is 59.9 Å². The third-order valence-corrected chi connectivity index (χ3v) is 3.99. The number of pyridine rings is 2. The third-order valence-electron chi connectivity index (χ3n) is 3.99. The van der Waals surface area contributed by atoms with E-state index >= 15 is 0 Å². The van der Waals surface area contributed by atoms with Gasteiger partial charge in [0.25, 0.3) is 5.91 Å². The van der Waals surface area contributed by atoms with Crippen molar-refractivity contribution in [2.24, 2.45) is 0 Å². The molecule has 3 aromatic rings. The van der Waals surface area contributed by atoms with Gasteiger partial charge in [0.2, 0.25) is 0 Å². The largest absolute Gasteiger partial charge is 0.493 e.